The average Bonchev–Trinajstić information content (AvgIpc) is 3.13. The first-order chi connectivity index (χ1) is 8.25. The van der Waals surface area contributed by atoms with Crippen molar-refractivity contribution in [1.29, 1.82) is 0 Å². The van der Waals surface area contributed by atoms with Crippen LogP contribution in [0.25, 0.3) is 0 Å². The summed E-state index contributed by atoms with van der Waals surface area (Å²) in [6.07, 6.45) is 2.34. The summed E-state index contributed by atoms with van der Waals surface area (Å²) < 4.78 is 15.4. The van der Waals surface area contributed by atoms with Gasteiger partial charge < -0.3 is 19.3 Å². The molecule has 1 aliphatic carbocycles. The van der Waals surface area contributed by atoms with Gasteiger partial charge in [0.25, 0.3) is 0 Å². The van der Waals surface area contributed by atoms with Crippen molar-refractivity contribution in [3.05, 3.63) is 17.7 Å². The van der Waals surface area contributed by atoms with Crippen molar-refractivity contribution in [1.82, 2.24) is 0 Å². The molecule has 0 unspecified atom stereocenters. The molecule has 1 saturated carbocycles. The van der Waals surface area contributed by atoms with Crippen LogP contribution in [0.4, 0.5) is 0 Å². The molecule has 0 saturated heterocycles. The van der Waals surface area contributed by atoms with Crippen LogP contribution in [0, 0.1) is 5.92 Å². The van der Waals surface area contributed by atoms with Gasteiger partial charge in [0.2, 0.25) is 6.79 Å². The van der Waals surface area contributed by atoms with Crippen LogP contribution in [0.3, 0.4) is 0 Å². The number of hydrogen-bond acceptors (Lipinski definition) is 5. The second-order valence-electron chi connectivity index (χ2n) is 4.24. The number of ether oxygens (including phenoxy) is 3. The van der Waals surface area contributed by atoms with Crippen molar-refractivity contribution in [2.75, 3.05) is 13.4 Å². The Balaban J connectivity index is 1.93. The highest BCUT2D eigenvalue weighted by atomic mass is 16.7. The largest absolute Gasteiger partial charge is 0.504 e. The minimum absolute atomic E-state index is 0.0737. The fraction of sp³-hybridized carbons (Fsp3) is 0.417. The third-order valence-electron chi connectivity index (χ3n) is 2.87. The molecule has 1 fully saturated rings. The monoisotopic (exact) mass is 236 g/mol. The zero-order valence-electron chi connectivity index (χ0n) is 9.14. The maximum atomic E-state index is 11.6. The third kappa shape index (κ3) is 1.88. The summed E-state index contributed by atoms with van der Waals surface area (Å²) >= 11 is 0. The molecule has 1 aliphatic heterocycles. The van der Waals surface area contributed by atoms with Crippen LogP contribution < -0.4 is 9.47 Å². The van der Waals surface area contributed by atoms with Crippen LogP contribution in [0.1, 0.15) is 23.2 Å². The summed E-state index contributed by atoms with van der Waals surface area (Å²) in [4.78, 5) is 11.6. The summed E-state index contributed by atoms with van der Waals surface area (Å²) in [5.41, 5.74) is 0.178. The fourth-order valence-electron chi connectivity index (χ4n) is 1.72. The van der Waals surface area contributed by atoms with E-state index in [1.165, 1.54) is 18.9 Å². The number of benzene rings is 1. The minimum atomic E-state index is -0.520. The first-order valence-electron chi connectivity index (χ1n) is 5.54. The quantitative estimate of drug-likeness (QED) is 0.809. The molecule has 2 aliphatic rings. The molecule has 5 nitrogen and oxygen atoms in total. The van der Waals surface area contributed by atoms with E-state index in [1.807, 2.05) is 0 Å². The van der Waals surface area contributed by atoms with E-state index in [9.17, 15) is 9.90 Å². The number of carbonyl (C=O) groups is 1. The number of phenols is 1. The van der Waals surface area contributed by atoms with Crippen LogP contribution in [-0.4, -0.2) is 24.5 Å². The molecular formula is C12H12O5. The summed E-state index contributed by atoms with van der Waals surface area (Å²) in [5.74, 6) is 0.548. The third-order valence-corrected chi connectivity index (χ3v) is 2.87. The topological polar surface area (TPSA) is 65.0 Å². The standard InChI is InChI=1S/C12H12O5/c13-8-3-4-9(15-5-7-1-2-7)10-11(8)16-6-17-12(10)14/h3-4,7,13H,1-2,5-6H2. The molecule has 1 aromatic rings. The Hall–Kier alpha value is -1.91. The SMILES string of the molecule is O=C1OCOc2c(O)ccc(OCC3CC3)c21. The van der Waals surface area contributed by atoms with Crippen LogP contribution in [0.2, 0.25) is 0 Å². The molecule has 0 bridgehead atoms. The number of hydrogen-bond donors (Lipinski definition) is 1. The van der Waals surface area contributed by atoms with Crippen molar-refractivity contribution >= 4 is 5.97 Å². The number of aromatic hydroxyl groups is 1. The second-order valence-corrected chi connectivity index (χ2v) is 4.24. The van der Waals surface area contributed by atoms with Crippen molar-refractivity contribution in [3.8, 4) is 17.2 Å². The maximum absolute atomic E-state index is 11.6. The number of carbonyl (C=O) groups excluding carboxylic acids is 1. The summed E-state index contributed by atoms with van der Waals surface area (Å²) in [6.45, 7) is 0.413. The Bertz CT molecular complexity index is 464. The van der Waals surface area contributed by atoms with Crippen LogP contribution in [-0.2, 0) is 4.74 Å². The van der Waals surface area contributed by atoms with Crippen molar-refractivity contribution < 1.29 is 24.1 Å². The van der Waals surface area contributed by atoms with Gasteiger partial charge in [-0.1, -0.05) is 0 Å². The molecule has 1 aromatic carbocycles. The Morgan fingerprint density at radius 3 is 2.94 bits per heavy atom. The van der Waals surface area contributed by atoms with Gasteiger partial charge in [-0.15, -0.1) is 0 Å². The number of fused-ring (bicyclic) bond motifs is 1. The van der Waals surface area contributed by atoms with Gasteiger partial charge in [-0.05, 0) is 30.9 Å². The lowest BCUT2D eigenvalue weighted by Crippen LogP contribution is -2.20. The van der Waals surface area contributed by atoms with Gasteiger partial charge in [0.15, 0.2) is 11.5 Å². The highest BCUT2D eigenvalue weighted by Crippen LogP contribution is 2.40. The van der Waals surface area contributed by atoms with E-state index in [-0.39, 0.29) is 23.9 Å². The highest BCUT2D eigenvalue weighted by molar-refractivity contribution is 5.97. The van der Waals surface area contributed by atoms with Crippen LogP contribution in [0.5, 0.6) is 17.2 Å². The second kappa shape index (κ2) is 3.84. The van der Waals surface area contributed by atoms with Crippen LogP contribution in [0.15, 0.2) is 12.1 Å². The van der Waals surface area contributed by atoms with Gasteiger partial charge in [-0.25, -0.2) is 4.79 Å². The number of rotatable bonds is 3. The highest BCUT2D eigenvalue weighted by Gasteiger charge is 2.29. The van der Waals surface area contributed by atoms with Gasteiger partial charge in [0.1, 0.15) is 11.3 Å². The maximum Gasteiger partial charge on any atom is 0.348 e. The van der Waals surface area contributed by atoms with E-state index in [2.05, 4.69) is 0 Å². The molecule has 0 spiro atoms. The van der Waals surface area contributed by atoms with E-state index in [0.29, 0.717) is 18.3 Å². The molecule has 0 atom stereocenters. The van der Waals surface area contributed by atoms with E-state index < -0.39 is 5.97 Å². The normalized spacial score (nSPS) is 18.0. The van der Waals surface area contributed by atoms with E-state index in [4.69, 9.17) is 14.2 Å². The van der Waals surface area contributed by atoms with Gasteiger partial charge in [-0.2, -0.15) is 0 Å². The molecule has 1 N–H and O–H groups in total. The number of phenolic OH excluding ortho intramolecular Hbond substituents is 1. The minimum Gasteiger partial charge on any atom is -0.504 e. The predicted octanol–water partition coefficient (Wildman–Crippen LogP) is 1.69. The first-order valence-corrected chi connectivity index (χ1v) is 5.54. The van der Waals surface area contributed by atoms with E-state index in [0.717, 1.165) is 0 Å². The van der Waals surface area contributed by atoms with Gasteiger partial charge >= 0.3 is 5.97 Å². The molecule has 0 aromatic heterocycles. The summed E-state index contributed by atoms with van der Waals surface area (Å²) in [5, 5.41) is 9.60. The Morgan fingerprint density at radius 1 is 1.35 bits per heavy atom. The van der Waals surface area contributed by atoms with E-state index in [1.54, 1.807) is 6.07 Å². The lowest BCUT2D eigenvalue weighted by Gasteiger charge is -2.20. The fourth-order valence-corrected chi connectivity index (χ4v) is 1.72. The number of esters is 1. The van der Waals surface area contributed by atoms with Crippen molar-refractivity contribution in [2.24, 2.45) is 5.92 Å². The Labute approximate surface area is 97.9 Å². The van der Waals surface area contributed by atoms with Crippen molar-refractivity contribution in [2.45, 2.75) is 12.8 Å². The molecule has 90 valence electrons. The van der Waals surface area contributed by atoms with Gasteiger partial charge in [0.05, 0.1) is 6.61 Å². The molecule has 17 heavy (non-hydrogen) atoms. The predicted molar refractivity (Wildman–Crippen MR) is 57.2 cm³/mol. The first kappa shape index (κ1) is 10.3. The Kier molecular flexibility index (Phi) is 2.31. The number of cyclic esters (lactones) is 1. The molecular weight excluding hydrogens is 224 g/mol. The lowest BCUT2D eigenvalue weighted by molar-refractivity contribution is 0.00311. The molecule has 0 amide bonds. The lowest BCUT2D eigenvalue weighted by atomic mass is 10.1. The molecule has 1 heterocycles. The van der Waals surface area contributed by atoms with Crippen molar-refractivity contribution in [3.63, 3.8) is 0 Å². The molecule has 0 radical (unpaired) electrons. The zero-order chi connectivity index (χ0) is 11.8. The van der Waals surface area contributed by atoms with Gasteiger partial charge in [-0.3, -0.25) is 0 Å². The van der Waals surface area contributed by atoms with Gasteiger partial charge in [0, 0.05) is 0 Å². The molecule has 3 rings (SSSR count). The summed E-state index contributed by atoms with van der Waals surface area (Å²) in [6, 6.07) is 3.02. The Morgan fingerprint density at radius 2 is 2.18 bits per heavy atom. The van der Waals surface area contributed by atoms with E-state index >= 15 is 0 Å². The molecule has 5 heteroatoms. The average molecular weight is 236 g/mol. The zero-order valence-corrected chi connectivity index (χ0v) is 9.14. The van der Waals surface area contributed by atoms with Crippen LogP contribution >= 0.6 is 0 Å². The summed E-state index contributed by atoms with van der Waals surface area (Å²) in [7, 11) is 0. The smallest absolute Gasteiger partial charge is 0.348 e.